The number of nitrogen functional groups attached to an aromatic ring is 1. The predicted molar refractivity (Wildman–Crippen MR) is 139 cm³/mol. The summed E-state index contributed by atoms with van der Waals surface area (Å²) in [4.78, 5) is 24.9. The van der Waals surface area contributed by atoms with Crippen LogP contribution in [0.4, 0.5) is 5.95 Å². The molecule has 2 fully saturated rings. The highest BCUT2D eigenvalue weighted by Gasteiger charge is 2.62. The number of aliphatic hydroxyl groups excluding tert-OH is 1. The van der Waals surface area contributed by atoms with Crippen molar-refractivity contribution in [3.05, 3.63) is 36.7 Å². The molecular formula is C24H31N6O9P. The van der Waals surface area contributed by atoms with Crippen molar-refractivity contribution in [1.82, 2.24) is 24.6 Å². The molecule has 2 saturated heterocycles. The second-order valence-electron chi connectivity index (χ2n) is 9.24. The number of aromatic nitrogens is 4. The number of fused-ring (bicyclic) bond motifs is 1. The third-order valence-corrected chi connectivity index (χ3v) is 8.30. The van der Waals surface area contributed by atoms with Gasteiger partial charge in [0, 0.05) is 6.42 Å². The SMILES string of the molecule is CCOC(=O)[C@H](C)NP(=O)(OC[C@H]1O[C@@H](n2cnc3c(OC)nc(N)nc32)[C@@]2(CCO2)[C@@H]1O)Oc1ccccc1. The third-order valence-electron chi connectivity index (χ3n) is 6.66. The van der Waals surface area contributed by atoms with Gasteiger partial charge in [-0.25, -0.2) is 9.55 Å². The largest absolute Gasteiger partial charge is 0.479 e. The number of imidazole rings is 1. The van der Waals surface area contributed by atoms with Gasteiger partial charge < -0.3 is 34.3 Å². The molecule has 1 spiro atoms. The lowest BCUT2D eigenvalue weighted by atomic mass is 9.86. The number of benzene rings is 1. The Morgan fingerprint density at radius 2 is 2.10 bits per heavy atom. The van der Waals surface area contributed by atoms with Crippen LogP contribution in [-0.4, -0.2) is 81.4 Å². The molecule has 15 nitrogen and oxygen atoms in total. The molecule has 5 rings (SSSR count). The first-order valence-electron chi connectivity index (χ1n) is 12.6. The van der Waals surface area contributed by atoms with Gasteiger partial charge in [0.25, 0.3) is 0 Å². The summed E-state index contributed by atoms with van der Waals surface area (Å²) in [6.07, 6.45) is -1.14. The number of ether oxygens (including phenoxy) is 4. The Morgan fingerprint density at radius 3 is 2.75 bits per heavy atom. The van der Waals surface area contributed by atoms with E-state index in [9.17, 15) is 14.5 Å². The minimum atomic E-state index is -4.18. The fourth-order valence-electron chi connectivity index (χ4n) is 4.67. The number of nitrogens with one attached hydrogen (secondary N) is 1. The molecule has 1 aromatic carbocycles. The summed E-state index contributed by atoms with van der Waals surface area (Å²) in [5.41, 5.74) is 5.39. The molecule has 2 aromatic heterocycles. The van der Waals surface area contributed by atoms with E-state index in [0.717, 1.165) is 0 Å². The first kappa shape index (κ1) is 28.2. The van der Waals surface area contributed by atoms with Crippen molar-refractivity contribution >= 4 is 30.8 Å². The lowest BCUT2D eigenvalue weighted by Gasteiger charge is -2.44. The van der Waals surface area contributed by atoms with Crippen LogP contribution in [0.25, 0.3) is 11.2 Å². The Hall–Kier alpha value is -3.33. The van der Waals surface area contributed by atoms with Gasteiger partial charge in [-0.15, -0.1) is 0 Å². The van der Waals surface area contributed by atoms with E-state index in [2.05, 4.69) is 20.0 Å². The normalized spacial score (nSPS) is 26.2. The molecule has 0 aliphatic carbocycles. The van der Waals surface area contributed by atoms with Gasteiger partial charge in [-0.3, -0.25) is 13.9 Å². The number of hydrogen-bond donors (Lipinski definition) is 3. The van der Waals surface area contributed by atoms with E-state index in [-0.39, 0.29) is 30.8 Å². The zero-order valence-corrected chi connectivity index (χ0v) is 23.0. The van der Waals surface area contributed by atoms with Crippen molar-refractivity contribution < 1.29 is 42.5 Å². The maximum absolute atomic E-state index is 13.8. The van der Waals surface area contributed by atoms with Crippen LogP contribution >= 0.6 is 7.75 Å². The van der Waals surface area contributed by atoms with Gasteiger partial charge in [0.05, 0.1) is 33.3 Å². The molecule has 0 amide bonds. The molecule has 216 valence electrons. The van der Waals surface area contributed by atoms with Gasteiger partial charge in [0.2, 0.25) is 11.8 Å². The van der Waals surface area contributed by atoms with Crippen molar-refractivity contribution in [2.24, 2.45) is 0 Å². The molecule has 6 atom stereocenters. The molecule has 16 heteroatoms. The van der Waals surface area contributed by atoms with Crippen LogP contribution < -0.4 is 20.1 Å². The number of para-hydroxylation sites is 1. The average Bonchev–Trinajstić information content (AvgIpc) is 3.45. The first-order chi connectivity index (χ1) is 19.2. The molecule has 0 bridgehead atoms. The summed E-state index contributed by atoms with van der Waals surface area (Å²) in [5.74, 6) is -0.237. The third kappa shape index (κ3) is 5.23. The van der Waals surface area contributed by atoms with Gasteiger partial charge in [-0.2, -0.15) is 15.1 Å². The number of aliphatic hydroxyl groups is 1. The molecule has 1 unspecified atom stereocenters. The number of esters is 1. The van der Waals surface area contributed by atoms with Crippen LogP contribution in [0.2, 0.25) is 0 Å². The van der Waals surface area contributed by atoms with Crippen molar-refractivity contribution in [1.29, 1.82) is 0 Å². The summed E-state index contributed by atoms with van der Waals surface area (Å²) in [6.45, 7) is 3.30. The number of anilines is 1. The second kappa shape index (κ2) is 11.3. The van der Waals surface area contributed by atoms with E-state index in [0.29, 0.717) is 24.2 Å². The first-order valence-corrected chi connectivity index (χ1v) is 14.2. The molecule has 2 aliphatic heterocycles. The zero-order chi connectivity index (χ0) is 28.5. The fraction of sp³-hybridized carbons (Fsp3) is 0.500. The molecular weight excluding hydrogens is 547 g/mol. The Morgan fingerprint density at radius 1 is 1.35 bits per heavy atom. The van der Waals surface area contributed by atoms with Crippen molar-refractivity contribution in [3.63, 3.8) is 0 Å². The molecule has 40 heavy (non-hydrogen) atoms. The van der Waals surface area contributed by atoms with Gasteiger partial charge in [0.1, 0.15) is 29.6 Å². The van der Waals surface area contributed by atoms with Crippen LogP contribution in [0.3, 0.4) is 0 Å². The summed E-state index contributed by atoms with van der Waals surface area (Å²) >= 11 is 0. The summed E-state index contributed by atoms with van der Waals surface area (Å²) in [7, 11) is -2.74. The highest BCUT2D eigenvalue weighted by atomic mass is 31.2. The fourth-order valence-corrected chi connectivity index (χ4v) is 6.17. The van der Waals surface area contributed by atoms with E-state index in [1.807, 2.05) is 0 Å². The van der Waals surface area contributed by atoms with Crippen molar-refractivity contribution in [3.8, 4) is 11.6 Å². The summed E-state index contributed by atoms with van der Waals surface area (Å²) in [5, 5.41) is 13.9. The van der Waals surface area contributed by atoms with E-state index in [1.54, 1.807) is 41.8 Å². The summed E-state index contributed by atoms with van der Waals surface area (Å²) in [6, 6.07) is 7.32. The Kier molecular flexibility index (Phi) is 7.95. The average molecular weight is 579 g/mol. The Labute approximate surface area is 229 Å². The minimum Gasteiger partial charge on any atom is -0.479 e. The highest BCUT2D eigenvalue weighted by molar-refractivity contribution is 7.52. The van der Waals surface area contributed by atoms with Gasteiger partial charge in [0.15, 0.2) is 17.4 Å². The second-order valence-corrected chi connectivity index (χ2v) is 10.9. The van der Waals surface area contributed by atoms with Crippen LogP contribution in [0.5, 0.6) is 11.6 Å². The molecule has 4 N–H and O–H groups in total. The van der Waals surface area contributed by atoms with E-state index in [4.69, 9.17) is 33.7 Å². The lowest BCUT2D eigenvalue weighted by molar-refractivity contribution is -0.225. The van der Waals surface area contributed by atoms with Gasteiger partial charge in [-0.1, -0.05) is 18.2 Å². The van der Waals surface area contributed by atoms with E-state index in [1.165, 1.54) is 20.4 Å². The molecule has 0 saturated carbocycles. The number of carbonyl (C=O) groups excluding carboxylic acids is 1. The number of carbonyl (C=O) groups is 1. The predicted octanol–water partition coefficient (Wildman–Crippen LogP) is 1.58. The Balaban J connectivity index is 1.39. The Bertz CT molecular complexity index is 1400. The maximum Gasteiger partial charge on any atom is 0.459 e. The maximum atomic E-state index is 13.8. The van der Waals surface area contributed by atoms with Crippen LogP contribution in [0.15, 0.2) is 36.7 Å². The number of rotatable bonds is 11. The topological polar surface area (TPSA) is 191 Å². The minimum absolute atomic E-state index is 0.0334. The standard InChI is InChI=1S/C24H31N6O9P/c1-4-35-21(32)14(2)29-40(33,39-15-8-6-5-7-9-15)37-12-16-18(31)24(10-11-36-24)22(38-16)30-13-26-17-19(30)27-23(25)28-20(17)34-3/h5-9,13-14,16,18,22,31H,4,10-12H2,1-3H3,(H,29,33)(H2,25,27,28)/t14-,16+,18+,22+,24+,40?/m0/s1. The van der Waals surface area contributed by atoms with Crippen LogP contribution in [0, 0.1) is 0 Å². The van der Waals surface area contributed by atoms with Crippen molar-refractivity contribution in [2.75, 3.05) is 32.7 Å². The smallest absolute Gasteiger partial charge is 0.459 e. The summed E-state index contributed by atoms with van der Waals surface area (Å²) < 4.78 is 49.2. The molecule has 0 radical (unpaired) electrons. The number of methoxy groups -OCH3 is 1. The quantitative estimate of drug-likeness (QED) is 0.219. The van der Waals surface area contributed by atoms with Gasteiger partial charge >= 0.3 is 13.7 Å². The molecule has 3 aromatic rings. The number of hydrogen-bond acceptors (Lipinski definition) is 13. The number of nitrogens with two attached hydrogens (primary N) is 1. The van der Waals surface area contributed by atoms with Crippen molar-refractivity contribution in [2.45, 2.75) is 50.3 Å². The van der Waals surface area contributed by atoms with Gasteiger partial charge in [-0.05, 0) is 26.0 Å². The monoisotopic (exact) mass is 578 g/mol. The number of nitrogens with zero attached hydrogens (tertiary/aromatic N) is 4. The molecule has 4 heterocycles. The van der Waals surface area contributed by atoms with E-state index < -0.39 is 43.8 Å². The van der Waals surface area contributed by atoms with Crippen LogP contribution in [-0.2, 0) is 28.1 Å². The van der Waals surface area contributed by atoms with Crippen LogP contribution in [0.1, 0.15) is 26.5 Å². The highest BCUT2D eigenvalue weighted by Crippen LogP contribution is 2.51. The zero-order valence-electron chi connectivity index (χ0n) is 22.1. The van der Waals surface area contributed by atoms with E-state index >= 15 is 0 Å². The lowest BCUT2D eigenvalue weighted by Crippen LogP contribution is -2.56. The molecule has 2 aliphatic rings.